The van der Waals surface area contributed by atoms with E-state index in [1.807, 2.05) is 12.1 Å². The fourth-order valence-electron chi connectivity index (χ4n) is 2.01. The number of benzene rings is 2. The highest BCUT2D eigenvalue weighted by molar-refractivity contribution is 7.91. The van der Waals surface area contributed by atoms with Crippen LogP contribution in [0.5, 0.6) is 5.75 Å². The Morgan fingerprint density at radius 2 is 1.78 bits per heavy atom. The van der Waals surface area contributed by atoms with Crippen LogP contribution in [-0.2, 0) is 22.4 Å². The van der Waals surface area contributed by atoms with Gasteiger partial charge in [0.2, 0.25) is 0 Å². The van der Waals surface area contributed by atoms with Gasteiger partial charge in [0.05, 0.1) is 0 Å². The van der Waals surface area contributed by atoms with Gasteiger partial charge in [-0.1, -0.05) is 23.7 Å². The molecule has 0 saturated carbocycles. The first kappa shape index (κ1) is 17.7. The highest BCUT2D eigenvalue weighted by Gasteiger charge is 2.10. The van der Waals surface area contributed by atoms with Crippen molar-refractivity contribution in [2.24, 2.45) is 0 Å². The lowest BCUT2D eigenvalue weighted by Gasteiger charge is -2.10. The van der Waals surface area contributed by atoms with Crippen LogP contribution in [-0.4, -0.2) is 28.0 Å². The number of hydrogen-bond donors (Lipinski definition) is 1. The molecule has 0 spiro atoms. The lowest BCUT2D eigenvalue weighted by atomic mass is 10.1. The summed E-state index contributed by atoms with van der Waals surface area (Å²) in [6.45, 7) is -0.348. The summed E-state index contributed by atoms with van der Waals surface area (Å²) in [7, 11) is 0. The first-order valence-electron chi connectivity index (χ1n) is 7.12. The number of ether oxygens (including phenoxy) is 1. The van der Waals surface area contributed by atoms with E-state index in [0.717, 1.165) is 23.3 Å². The van der Waals surface area contributed by atoms with Gasteiger partial charge in [0.25, 0.3) is 0 Å². The summed E-state index contributed by atoms with van der Waals surface area (Å²) in [5.74, 6) is 0.110. The molecule has 4 nitrogen and oxygen atoms in total. The van der Waals surface area contributed by atoms with Crippen molar-refractivity contribution in [1.29, 1.82) is 0 Å². The smallest absolute Gasteiger partial charge is 0.341 e. The highest BCUT2D eigenvalue weighted by Crippen LogP contribution is 2.18. The van der Waals surface area contributed by atoms with E-state index >= 15 is 0 Å². The van der Waals surface area contributed by atoms with E-state index in [2.05, 4.69) is 0 Å². The quantitative estimate of drug-likeness (QED) is 0.738. The number of aliphatic carboxylic acids is 1. The average molecular weight is 353 g/mol. The van der Waals surface area contributed by atoms with Gasteiger partial charge < -0.3 is 14.4 Å². The van der Waals surface area contributed by atoms with Gasteiger partial charge in [-0.2, -0.15) is 0 Å². The fraction of sp³-hybridized carbons (Fsp3) is 0.235. The van der Waals surface area contributed by atoms with Crippen LogP contribution in [0, 0.1) is 0 Å². The maximum Gasteiger partial charge on any atom is 0.341 e. The molecule has 0 bridgehead atoms. The molecule has 1 atom stereocenters. The first-order chi connectivity index (χ1) is 11.0. The maximum absolute atomic E-state index is 12.1. The summed E-state index contributed by atoms with van der Waals surface area (Å²) in [4.78, 5) is 11.2. The lowest BCUT2D eigenvalue weighted by molar-refractivity contribution is -0.139. The number of halogens is 1. The van der Waals surface area contributed by atoms with Crippen LogP contribution in [0.2, 0.25) is 5.02 Å². The van der Waals surface area contributed by atoms with E-state index in [1.54, 1.807) is 36.4 Å². The fourth-order valence-corrected chi connectivity index (χ4v) is 3.22. The Morgan fingerprint density at radius 3 is 2.39 bits per heavy atom. The Morgan fingerprint density at radius 1 is 1.13 bits per heavy atom. The van der Waals surface area contributed by atoms with Gasteiger partial charge in [0.1, 0.15) is 11.5 Å². The molecular weight excluding hydrogens is 336 g/mol. The zero-order valence-electron chi connectivity index (χ0n) is 12.4. The van der Waals surface area contributed by atoms with Crippen LogP contribution in [0.4, 0.5) is 0 Å². The number of aryl methyl sites for hydroxylation is 1. The van der Waals surface area contributed by atoms with Crippen molar-refractivity contribution >= 4 is 28.7 Å². The second kappa shape index (κ2) is 8.82. The van der Waals surface area contributed by atoms with Crippen molar-refractivity contribution < 1.29 is 19.2 Å². The standard InChI is InChI=1S/C17H17ClO4S/c18-14-5-9-16(10-6-14)23(21)11-1-2-13-3-7-15(8-4-13)22-12-17(19)20/h3-10H,1-2,11-12H2,(H,19,20). The zero-order chi connectivity index (χ0) is 16.7. The van der Waals surface area contributed by atoms with Crippen LogP contribution in [0.1, 0.15) is 12.0 Å². The van der Waals surface area contributed by atoms with Gasteiger partial charge in [0, 0.05) is 5.02 Å². The van der Waals surface area contributed by atoms with Crippen LogP contribution < -0.4 is 4.74 Å². The second-order valence-corrected chi connectivity index (χ2v) is 6.94. The number of hydrogen-bond acceptors (Lipinski definition) is 3. The van der Waals surface area contributed by atoms with Crippen LogP contribution in [0.25, 0.3) is 0 Å². The first-order valence-corrected chi connectivity index (χ1v) is 8.82. The second-order valence-electron chi connectivity index (χ2n) is 4.93. The molecule has 0 heterocycles. The van der Waals surface area contributed by atoms with Gasteiger partial charge >= 0.3 is 5.97 Å². The molecule has 2 rings (SSSR count). The molecule has 0 aliphatic heterocycles. The molecule has 1 unspecified atom stereocenters. The molecule has 23 heavy (non-hydrogen) atoms. The summed E-state index contributed by atoms with van der Waals surface area (Å²) < 4.78 is 17.2. The summed E-state index contributed by atoms with van der Waals surface area (Å²) in [6.07, 6.45) is 1.60. The Hall–Kier alpha value is -1.69. The molecule has 0 fully saturated rings. The maximum atomic E-state index is 12.1. The van der Waals surface area contributed by atoms with Crippen LogP contribution >= 0.6 is 11.6 Å². The summed E-state index contributed by atoms with van der Waals surface area (Å²) >= 11 is 4.78. The zero-order valence-corrected chi connectivity index (χ0v) is 14.0. The Balaban J connectivity index is 1.77. The number of rotatable bonds is 8. The van der Waals surface area contributed by atoms with E-state index < -0.39 is 17.1 Å². The molecular formula is C17H17ClO4S. The minimum absolute atomic E-state index is 0.348. The third kappa shape index (κ3) is 6.14. The van der Waals surface area contributed by atoms with Gasteiger partial charge in [-0.3, -0.25) is 0 Å². The van der Waals surface area contributed by atoms with Crippen molar-refractivity contribution in [3.05, 3.63) is 59.1 Å². The summed E-state index contributed by atoms with van der Waals surface area (Å²) in [5, 5.41) is 9.18. The molecule has 2 aromatic carbocycles. The van der Waals surface area contributed by atoms with Crippen molar-refractivity contribution in [3.63, 3.8) is 0 Å². The number of carboxylic acid groups (broad SMARTS) is 1. The molecule has 0 aromatic heterocycles. The number of carboxylic acids is 1. The average Bonchev–Trinajstić information content (AvgIpc) is 2.54. The summed E-state index contributed by atoms with van der Waals surface area (Å²) in [5.41, 5.74) is 1.10. The monoisotopic (exact) mass is 352 g/mol. The minimum atomic E-state index is -1.03. The minimum Gasteiger partial charge on any atom is -0.611 e. The van der Waals surface area contributed by atoms with E-state index in [-0.39, 0.29) is 6.61 Å². The van der Waals surface area contributed by atoms with Crippen molar-refractivity contribution in [2.75, 3.05) is 12.4 Å². The molecule has 0 aliphatic carbocycles. The van der Waals surface area contributed by atoms with Gasteiger partial charge in [-0.25, -0.2) is 4.79 Å². The third-order valence-corrected chi connectivity index (χ3v) is 4.87. The van der Waals surface area contributed by atoms with Gasteiger partial charge in [0.15, 0.2) is 11.5 Å². The van der Waals surface area contributed by atoms with Gasteiger partial charge in [-0.15, -0.1) is 0 Å². The van der Waals surface area contributed by atoms with Crippen molar-refractivity contribution in [1.82, 2.24) is 0 Å². The van der Waals surface area contributed by atoms with Crippen LogP contribution in [0.3, 0.4) is 0 Å². The van der Waals surface area contributed by atoms with Gasteiger partial charge in [-0.05, 0) is 66.0 Å². The molecule has 6 heteroatoms. The molecule has 0 saturated heterocycles. The topological polar surface area (TPSA) is 69.6 Å². The van der Waals surface area contributed by atoms with E-state index in [1.165, 1.54) is 0 Å². The Kier molecular flexibility index (Phi) is 6.77. The van der Waals surface area contributed by atoms with Crippen LogP contribution in [0.15, 0.2) is 53.4 Å². The summed E-state index contributed by atoms with van der Waals surface area (Å²) in [6, 6.07) is 14.3. The predicted octanol–water partition coefficient (Wildman–Crippen LogP) is 3.54. The molecule has 122 valence electrons. The number of carbonyl (C=O) groups is 1. The molecule has 0 amide bonds. The lowest BCUT2D eigenvalue weighted by Crippen LogP contribution is -2.09. The van der Waals surface area contributed by atoms with E-state index in [9.17, 15) is 9.35 Å². The normalized spacial score (nSPS) is 11.9. The van der Waals surface area contributed by atoms with E-state index in [4.69, 9.17) is 21.4 Å². The van der Waals surface area contributed by atoms with Crippen molar-refractivity contribution in [2.45, 2.75) is 17.7 Å². The largest absolute Gasteiger partial charge is 0.611 e. The predicted molar refractivity (Wildman–Crippen MR) is 90.6 cm³/mol. The molecule has 0 radical (unpaired) electrons. The molecule has 0 aliphatic rings. The SMILES string of the molecule is O=C(O)COc1ccc(CCC[S+]([O-])c2ccc(Cl)cc2)cc1. The van der Waals surface area contributed by atoms with E-state index in [0.29, 0.717) is 16.5 Å². The Bertz CT molecular complexity index is 628. The Labute approximate surface area is 143 Å². The molecule has 1 N–H and O–H groups in total. The van der Waals surface area contributed by atoms with Crippen molar-refractivity contribution in [3.8, 4) is 5.75 Å². The molecule has 2 aromatic rings. The third-order valence-electron chi connectivity index (χ3n) is 3.16. The highest BCUT2D eigenvalue weighted by atomic mass is 35.5.